The standard InChI is InChI=1S/C20H23N3O/c21-19-10-8-18(9-11-19)20(24)23-15-13-22(14-16-23)12-4-7-17-5-2-1-3-6-17/h1-11H,12-16,21H2. The van der Waals surface area contributed by atoms with Crippen LogP contribution in [0.4, 0.5) is 5.69 Å². The fourth-order valence-electron chi connectivity index (χ4n) is 2.84. The number of nitrogen functional groups attached to an aromatic ring is 1. The van der Waals surface area contributed by atoms with E-state index in [2.05, 4.69) is 29.2 Å². The molecule has 124 valence electrons. The molecule has 0 spiro atoms. The van der Waals surface area contributed by atoms with Crippen molar-refractivity contribution in [2.24, 2.45) is 0 Å². The largest absolute Gasteiger partial charge is 0.399 e. The molecule has 0 atom stereocenters. The van der Waals surface area contributed by atoms with E-state index in [0.717, 1.165) is 32.7 Å². The summed E-state index contributed by atoms with van der Waals surface area (Å²) in [7, 11) is 0. The van der Waals surface area contributed by atoms with Crippen LogP contribution in [0.25, 0.3) is 6.08 Å². The second kappa shape index (κ2) is 7.79. The van der Waals surface area contributed by atoms with Crippen molar-refractivity contribution in [1.29, 1.82) is 0 Å². The van der Waals surface area contributed by atoms with Crippen LogP contribution in [-0.4, -0.2) is 48.4 Å². The van der Waals surface area contributed by atoms with E-state index in [1.807, 2.05) is 23.1 Å². The molecule has 0 saturated carbocycles. The van der Waals surface area contributed by atoms with Gasteiger partial charge in [0.05, 0.1) is 0 Å². The van der Waals surface area contributed by atoms with Crippen LogP contribution in [0.1, 0.15) is 15.9 Å². The van der Waals surface area contributed by atoms with E-state index in [9.17, 15) is 4.79 Å². The van der Waals surface area contributed by atoms with Crippen LogP contribution in [-0.2, 0) is 0 Å². The van der Waals surface area contributed by atoms with Gasteiger partial charge in [0.1, 0.15) is 0 Å². The molecular formula is C20H23N3O. The van der Waals surface area contributed by atoms with Crippen molar-refractivity contribution in [1.82, 2.24) is 9.80 Å². The number of piperazine rings is 1. The number of rotatable bonds is 4. The molecule has 1 aliphatic rings. The number of anilines is 1. The van der Waals surface area contributed by atoms with Gasteiger partial charge in [0, 0.05) is 44.0 Å². The Balaban J connectivity index is 1.48. The number of amides is 1. The van der Waals surface area contributed by atoms with Crippen molar-refractivity contribution in [3.8, 4) is 0 Å². The Morgan fingerprint density at radius 1 is 0.958 bits per heavy atom. The lowest BCUT2D eigenvalue weighted by Gasteiger charge is -2.34. The average molecular weight is 321 g/mol. The fraction of sp³-hybridized carbons (Fsp3) is 0.250. The maximum absolute atomic E-state index is 12.5. The van der Waals surface area contributed by atoms with E-state index in [1.165, 1.54) is 5.56 Å². The maximum Gasteiger partial charge on any atom is 0.253 e. The molecule has 4 heteroatoms. The van der Waals surface area contributed by atoms with Crippen molar-refractivity contribution in [3.05, 3.63) is 71.8 Å². The number of hydrogen-bond acceptors (Lipinski definition) is 3. The van der Waals surface area contributed by atoms with Gasteiger partial charge in [0.25, 0.3) is 5.91 Å². The minimum atomic E-state index is 0.0921. The zero-order valence-corrected chi connectivity index (χ0v) is 13.8. The molecule has 2 aromatic rings. The SMILES string of the molecule is Nc1ccc(C(=O)N2CCN(CC=Cc3ccccc3)CC2)cc1. The van der Waals surface area contributed by atoms with E-state index in [-0.39, 0.29) is 5.91 Å². The van der Waals surface area contributed by atoms with Gasteiger partial charge in [-0.15, -0.1) is 0 Å². The smallest absolute Gasteiger partial charge is 0.253 e. The Bertz CT molecular complexity index is 687. The van der Waals surface area contributed by atoms with Crippen LogP contribution in [0.2, 0.25) is 0 Å². The molecule has 1 heterocycles. The fourth-order valence-corrected chi connectivity index (χ4v) is 2.84. The van der Waals surface area contributed by atoms with Gasteiger partial charge in [0.15, 0.2) is 0 Å². The van der Waals surface area contributed by atoms with Gasteiger partial charge in [-0.05, 0) is 29.8 Å². The minimum absolute atomic E-state index is 0.0921. The summed E-state index contributed by atoms with van der Waals surface area (Å²) in [5, 5.41) is 0. The summed E-state index contributed by atoms with van der Waals surface area (Å²) in [6.07, 6.45) is 4.33. The summed E-state index contributed by atoms with van der Waals surface area (Å²) in [4.78, 5) is 16.8. The third kappa shape index (κ3) is 4.24. The first-order valence-corrected chi connectivity index (χ1v) is 8.31. The topological polar surface area (TPSA) is 49.6 Å². The highest BCUT2D eigenvalue weighted by atomic mass is 16.2. The molecule has 3 rings (SSSR count). The molecular weight excluding hydrogens is 298 g/mol. The molecule has 0 unspecified atom stereocenters. The van der Waals surface area contributed by atoms with Crippen LogP contribution >= 0.6 is 0 Å². The predicted octanol–water partition coefficient (Wildman–Crippen LogP) is 2.74. The Labute approximate surface area is 143 Å². The zero-order chi connectivity index (χ0) is 16.8. The number of benzene rings is 2. The van der Waals surface area contributed by atoms with Crippen LogP contribution in [0, 0.1) is 0 Å². The van der Waals surface area contributed by atoms with Crippen molar-refractivity contribution >= 4 is 17.7 Å². The number of carbonyl (C=O) groups excluding carboxylic acids is 1. The van der Waals surface area contributed by atoms with Gasteiger partial charge < -0.3 is 10.6 Å². The van der Waals surface area contributed by atoms with Gasteiger partial charge in [-0.3, -0.25) is 9.69 Å². The van der Waals surface area contributed by atoms with E-state index in [1.54, 1.807) is 24.3 Å². The van der Waals surface area contributed by atoms with Gasteiger partial charge in [-0.25, -0.2) is 0 Å². The number of nitrogens with zero attached hydrogens (tertiary/aromatic N) is 2. The quantitative estimate of drug-likeness (QED) is 0.881. The first kappa shape index (κ1) is 16.3. The molecule has 0 radical (unpaired) electrons. The summed E-state index contributed by atoms with van der Waals surface area (Å²) < 4.78 is 0. The molecule has 0 aromatic heterocycles. The van der Waals surface area contributed by atoms with Gasteiger partial charge >= 0.3 is 0 Å². The monoisotopic (exact) mass is 321 g/mol. The summed E-state index contributed by atoms with van der Waals surface area (Å²) in [6.45, 7) is 4.25. The third-order valence-electron chi connectivity index (χ3n) is 4.29. The van der Waals surface area contributed by atoms with Crippen LogP contribution < -0.4 is 5.73 Å². The van der Waals surface area contributed by atoms with Crippen molar-refractivity contribution < 1.29 is 4.79 Å². The van der Waals surface area contributed by atoms with Crippen molar-refractivity contribution in [3.63, 3.8) is 0 Å². The first-order chi connectivity index (χ1) is 11.7. The zero-order valence-electron chi connectivity index (χ0n) is 13.8. The summed E-state index contributed by atoms with van der Waals surface area (Å²) in [5.74, 6) is 0.0921. The number of hydrogen-bond donors (Lipinski definition) is 1. The second-order valence-electron chi connectivity index (χ2n) is 6.03. The molecule has 1 amide bonds. The molecule has 1 saturated heterocycles. The lowest BCUT2D eigenvalue weighted by Crippen LogP contribution is -2.48. The molecule has 0 aliphatic carbocycles. The Hall–Kier alpha value is -2.59. The first-order valence-electron chi connectivity index (χ1n) is 8.31. The Morgan fingerprint density at radius 2 is 1.62 bits per heavy atom. The Morgan fingerprint density at radius 3 is 2.29 bits per heavy atom. The maximum atomic E-state index is 12.5. The number of nitrogens with two attached hydrogens (primary N) is 1. The predicted molar refractivity (Wildman–Crippen MR) is 98.7 cm³/mol. The van der Waals surface area contributed by atoms with E-state index >= 15 is 0 Å². The normalized spacial score (nSPS) is 15.8. The lowest BCUT2D eigenvalue weighted by atomic mass is 10.1. The van der Waals surface area contributed by atoms with Crippen LogP contribution in [0.5, 0.6) is 0 Å². The molecule has 1 aliphatic heterocycles. The highest BCUT2D eigenvalue weighted by molar-refractivity contribution is 5.94. The Kier molecular flexibility index (Phi) is 5.29. The van der Waals surface area contributed by atoms with Gasteiger partial charge in [-0.2, -0.15) is 0 Å². The van der Waals surface area contributed by atoms with Crippen LogP contribution in [0.3, 0.4) is 0 Å². The van der Waals surface area contributed by atoms with E-state index < -0.39 is 0 Å². The minimum Gasteiger partial charge on any atom is -0.399 e. The molecule has 1 fully saturated rings. The summed E-state index contributed by atoms with van der Waals surface area (Å²) >= 11 is 0. The second-order valence-corrected chi connectivity index (χ2v) is 6.03. The molecule has 0 bridgehead atoms. The lowest BCUT2D eigenvalue weighted by molar-refractivity contribution is 0.0650. The highest BCUT2D eigenvalue weighted by Gasteiger charge is 2.21. The summed E-state index contributed by atoms with van der Waals surface area (Å²) in [5.41, 5.74) is 8.28. The molecule has 2 N–H and O–H groups in total. The highest BCUT2D eigenvalue weighted by Crippen LogP contribution is 2.11. The third-order valence-corrected chi connectivity index (χ3v) is 4.29. The van der Waals surface area contributed by atoms with Gasteiger partial charge in [0.2, 0.25) is 0 Å². The van der Waals surface area contributed by atoms with Gasteiger partial charge in [-0.1, -0.05) is 42.5 Å². The van der Waals surface area contributed by atoms with E-state index in [0.29, 0.717) is 11.3 Å². The molecule has 2 aromatic carbocycles. The van der Waals surface area contributed by atoms with Crippen LogP contribution in [0.15, 0.2) is 60.7 Å². The van der Waals surface area contributed by atoms with E-state index in [4.69, 9.17) is 5.73 Å². The number of carbonyl (C=O) groups is 1. The average Bonchev–Trinajstić information content (AvgIpc) is 2.63. The van der Waals surface area contributed by atoms with Crippen molar-refractivity contribution in [2.45, 2.75) is 0 Å². The molecule has 24 heavy (non-hydrogen) atoms. The molecule has 4 nitrogen and oxygen atoms in total. The summed E-state index contributed by atoms with van der Waals surface area (Å²) in [6, 6.07) is 17.4. The van der Waals surface area contributed by atoms with Crippen molar-refractivity contribution in [2.75, 3.05) is 38.5 Å².